The number of hydrogen-bond donors (Lipinski definition) is 4. The first-order valence-electron chi connectivity index (χ1n) is 9.13. The second kappa shape index (κ2) is 10.5. The zero-order valence-corrected chi connectivity index (χ0v) is 15.1. The molecule has 1 aromatic rings. The van der Waals surface area contributed by atoms with Gasteiger partial charge in [0.2, 0.25) is 5.91 Å². The van der Waals surface area contributed by atoms with Crippen molar-refractivity contribution in [2.75, 3.05) is 5.32 Å². The Balaban J connectivity index is 1.90. The van der Waals surface area contributed by atoms with Gasteiger partial charge in [0.15, 0.2) is 0 Å². The van der Waals surface area contributed by atoms with Crippen LogP contribution in [0.15, 0.2) is 18.5 Å². The number of aromatic nitrogens is 2. The molecular formula is C18H27N5O3. The van der Waals surface area contributed by atoms with E-state index in [1.807, 2.05) is 6.92 Å². The predicted molar refractivity (Wildman–Crippen MR) is 98.3 cm³/mol. The third-order valence-corrected chi connectivity index (χ3v) is 4.44. The van der Waals surface area contributed by atoms with E-state index in [-0.39, 0.29) is 18.0 Å². The molecule has 8 heteroatoms. The Morgan fingerprint density at radius 1 is 1.23 bits per heavy atom. The second-order valence-corrected chi connectivity index (χ2v) is 6.44. The lowest BCUT2D eigenvalue weighted by Gasteiger charge is -2.22. The Morgan fingerprint density at radius 2 is 1.96 bits per heavy atom. The molecule has 2 rings (SSSR count). The van der Waals surface area contributed by atoms with E-state index >= 15 is 0 Å². The third-order valence-electron chi connectivity index (χ3n) is 4.44. The fourth-order valence-electron chi connectivity index (χ4n) is 2.95. The van der Waals surface area contributed by atoms with Gasteiger partial charge < -0.3 is 10.6 Å². The van der Waals surface area contributed by atoms with Gasteiger partial charge in [-0.2, -0.15) is 0 Å². The van der Waals surface area contributed by atoms with E-state index in [0.717, 1.165) is 18.9 Å². The normalized spacial score (nSPS) is 16.7. The number of nitrogens with zero attached hydrogens (tertiary/aromatic N) is 2. The average molecular weight is 361 g/mol. The molecule has 0 spiro atoms. The Bertz CT molecular complexity index is 610. The summed E-state index contributed by atoms with van der Waals surface area (Å²) in [6, 6.07) is -0.105. The van der Waals surface area contributed by atoms with Crippen molar-refractivity contribution in [3.8, 4) is 0 Å². The molecule has 4 N–H and O–H groups in total. The molecule has 8 nitrogen and oxygen atoms in total. The van der Waals surface area contributed by atoms with Gasteiger partial charge >= 0.3 is 0 Å². The lowest BCUT2D eigenvalue weighted by Crippen LogP contribution is -2.44. The van der Waals surface area contributed by atoms with Gasteiger partial charge in [-0.05, 0) is 25.3 Å². The number of anilines is 1. The molecule has 26 heavy (non-hydrogen) atoms. The van der Waals surface area contributed by atoms with Crippen molar-refractivity contribution in [2.45, 2.75) is 64.0 Å². The zero-order valence-electron chi connectivity index (χ0n) is 15.1. The maximum atomic E-state index is 12.5. The van der Waals surface area contributed by atoms with Gasteiger partial charge in [0.1, 0.15) is 11.9 Å². The summed E-state index contributed by atoms with van der Waals surface area (Å²) in [5.41, 5.74) is 1.97. The molecule has 1 aliphatic rings. The van der Waals surface area contributed by atoms with Gasteiger partial charge in [-0.3, -0.25) is 19.8 Å². The van der Waals surface area contributed by atoms with Crippen molar-refractivity contribution in [3.63, 3.8) is 0 Å². The van der Waals surface area contributed by atoms with Crippen LogP contribution in [-0.2, 0) is 9.59 Å². The highest BCUT2D eigenvalue weighted by molar-refractivity contribution is 5.90. The van der Waals surface area contributed by atoms with Crippen molar-refractivity contribution in [1.82, 2.24) is 20.8 Å². The quantitative estimate of drug-likeness (QED) is 0.256. The largest absolute Gasteiger partial charge is 0.357 e. The molecule has 1 atom stereocenters. The van der Waals surface area contributed by atoms with E-state index in [9.17, 15) is 9.59 Å². The molecule has 1 heterocycles. The number of hydrogen-bond acceptors (Lipinski definition) is 6. The maximum absolute atomic E-state index is 12.5. The van der Waals surface area contributed by atoms with Gasteiger partial charge in [-0.1, -0.05) is 32.6 Å². The second-order valence-electron chi connectivity index (χ2n) is 6.44. The maximum Gasteiger partial charge on any atom is 0.267 e. The SMILES string of the molecule is CC[C@@H](Nc1cnc(C=CC(=O)NO)cn1)C(=O)NC1CCCCCC1. The first-order chi connectivity index (χ1) is 12.6. The molecule has 1 saturated carbocycles. The third kappa shape index (κ3) is 6.44. The Morgan fingerprint density at radius 3 is 2.54 bits per heavy atom. The Labute approximate surface area is 153 Å². The molecule has 2 amide bonds. The number of nitrogens with one attached hydrogen (secondary N) is 3. The van der Waals surface area contributed by atoms with Gasteiger partial charge in [0, 0.05) is 12.1 Å². The molecule has 0 saturated heterocycles. The minimum Gasteiger partial charge on any atom is -0.357 e. The summed E-state index contributed by atoms with van der Waals surface area (Å²) in [4.78, 5) is 31.8. The molecule has 142 valence electrons. The Hall–Kier alpha value is -2.48. The highest BCUT2D eigenvalue weighted by atomic mass is 16.5. The fraction of sp³-hybridized carbons (Fsp3) is 0.556. The topological polar surface area (TPSA) is 116 Å². The summed E-state index contributed by atoms with van der Waals surface area (Å²) in [7, 11) is 0. The van der Waals surface area contributed by atoms with Gasteiger partial charge in [-0.25, -0.2) is 10.5 Å². The molecule has 1 aromatic heterocycles. The molecule has 0 aromatic carbocycles. The monoisotopic (exact) mass is 361 g/mol. The smallest absolute Gasteiger partial charge is 0.267 e. The van der Waals surface area contributed by atoms with Crippen LogP contribution >= 0.6 is 0 Å². The van der Waals surface area contributed by atoms with Crippen molar-refractivity contribution in [3.05, 3.63) is 24.2 Å². The molecular weight excluding hydrogens is 334 g/mol. The molecule has 0 aliphatic heterocycles. The van der Waals surface area contributed by atoms with Crippen LogP contribution in [0.3, 0.4) is 0 Å². The van der Waals surface area contributed by atoms with Crippen LogP contribution in [0, 0.1) is 0 Å². The summed E-state index contributed by atoms with van der Waals surface area (Å²) in [6.45, 7) is 1.95. The zero-order chi connectivity index (χ0) is 18.8. The standard InChI is InChI=1S/C18H27N5O3/c1-2-15(18(25)21-13-7-5-3-4-6-8-13)22-16-12-19-14(11-20-16)9-10-17(24)23-26/h9-13,15,26H,2-8H2,1H3,(H,20,22)(H,21,25)(H,23,24)/t15-/m1/s1. The van der Waals surface area contributed by atoms with Crippen molar-refractivity contribution >= 4 is 23.7 Å². The number of amides is 2. The number of carbonyl (C=O) groups is 2. The minimum atomic E-state index is -0.643. The summed E-state index contributed by atoms with van der Waals surface area (Å²) in [5.74, 6) is -0.156. The average Bonchev–Trinajstić information content (AvgIpc) is 2.93. The minimum absolute atomic E-state index is 0.00945. The highest BCUT2D eigenvalue weighted by Crippen LogP contribution is 2.17. The summed E-state index contributed by atoms with van der Waals surface area (Å²) in [5, 5.41) is 14.7. The number of hydroxylamine groups is 1. The van der Waals surface area contributed by atoms with Crippen molar-refractivity contribution in [2.24, 2.45) is 0 Å². The summed E-state index contributed by atoms with van der Waals surface area (Å²) >= 11 is 0. The lowest BCUT2D eigenvalue weighted by molar-refractivity contribution is -0.124. The van der Waals surface area contributed by atoms with Crippen LogP contribution in [-0.4, -0.2) is 39.1 Å². The highest BCUT2D eigenvalue weighted by Gasteiger charge is 2.21. The first kappa shape index (κ1) is 19.8. The van der Waals surface area contributed by atoms with Crippen LogP contribution in [0.4, 0.5) is 5.82 Å². The molecule has 0 radical (unpaired) electrons. The van der Waals surface area contributed by atoms with E-state index in [4.69, 9.17) is 5.21 Å². The van der Waals surface area contributed by atoms with E-state index in [2.05, 4.69) is 20.6 Å². The van der Waals surface area contributed by atoms with E-state index in [1.165, 1.54) is 49.6 Å². The molecule has 0 bridgehead atoms. The van der Waals surface area contributed by atoms with Gasteiger partial charge in [0.05, 0.1) is 18.1 Å². The van der Waals surface area contributed by atoms with Crippen LogP contribution in [0.2, 0.25) is 0 Å². The van der Waals surface area contributed by atoms with Crippen molar-refractivity contribution < 1.29 is 14.8 Å². The van der Waals surface area contributed by atoms with E-state index in [0.29, 0.717) is 17.9 Å². The van der Waals surface area contributed by atoms with E-state index < -0.39 is 5.91 Å². The van der Waals surface area contributed by atoms with Crippen LogP contribution in [0.1, 0.15) is 57.6 Å². The summed E-state index contributed by atoms with van der Waals surface area (Å²) in [6.07, 6.45) is 13.1. The first-order valence-corrected chi connectivity index (χ1v) is 9.13. The lowest BCUT2D eigenvalue weighted by atomic mass is 10.1. The van der Waals surface area contributed by atoms with Crippen molar-refractivity contribution in [1.29, 1.82) is 0 Å². The number of carbonyl (C=O) groups excluding carboxylic acids is 2. The Kier molecular flexibility index (Phi) is 8.01. The van der Waals surface area contributed by atoms with Gasteiger partial charge in [0.25, 0.3) is 5.91 Å². The van der Waals surface area contributed by atoms with Crippen LogP contribution in [0.5, 0.6) is 0 Å². The van der Waals surface area contributed by atoms with Crippen LogP contribution in [0.25, 0.3) is 6.08 Å². The van der Waals surface area contributed by atoms with E-state index in [1.54, 1.807) is 0 Å². The fourth-order valence-corrected chi connectivity index (χ4v) is 2.95. The predicted octanol–water partition coefficient (Wildman–Crippen LogP) is 2.02. The molecule has 1 fully saturated rings. The van der Waals surface area contributed by atoms with Crippen LogP contribution < -0.4 is 16.1 Å². The number of rotatable bonds is 7. The molecule has 0 unspecified atom stereocenters. The summed E-state index contributed by atoms with van der Waals surface area (Å²) < 4.78 is 0. The van der Waals surface area contributed by atoms with Gasteiger partial charge in [-0.15, -0.1) is 0 Å². The molecule has 1 aliphatic carbocycles.